The molecular formula is C27H32N4O2. The van der Waals surface area contributed by atoms with Crippen molar-refractivity contribution in [2.24, 2.45) is 7.05 Å². The standard InChI is InChI=1S/C27H32N4O2/c1-19(2)28-9-11-31(24-14-25(32-4)16-26(15-24)33-5)23-6-7-27-21(13-23)12-22(17-29-27)20-8-10-30(3)18-20/h6-8,10,12-19,28H,9,11H2,1-5H3. The van der Waals surface area contributed by atoms with E-state index in [2.05, 4.69) is 71.4 Å². The monoisotopic (exact) mass is 444 g/mol. The molecule has 6 nitrogen and oxygen atoms in total. The zero-order valence-corrected chi connectivity index (χ0v) is 20.0. The maximum atomic E-state index is 5.53. The van der Waals surface area contributed by atoms with Gasteiger partial charge in [-0.05, 0) is 30.3 Å². The van der Waals surface area contributed by atoms with E-state index >= 15 is 0 Å². The minimum Gasteiger partial charge on any atom is -0.497 e. The van der Waals surface area contributed by atoms with Gasteiger partial charge >= 0.3 is 0 Å². The number of hydrogen-bond acceptors (Lipinski definition) is 5. The third kappa shape index (κ3) is 5.29. The van der Waals surface area contributed by atoms with Crippen molar-refractivity contribution in [3.63, 3.8) is 0 Å². The quantitative estimate of drug-likeness (QED) is 0.375. The van der Waals surface area contributed by atoms with Crippen molar-refractivity contribution in [2.45, 2.75) is 19.9 Å². The fourth-order valence-corrected chi connectivity index (χ4v) is 3.94. The third-order valence-corrected chi connectivity index (χ3v) is 5.68. The van der Waals surface area contributed by atoms with E-state index in [9.17, 15) is 0 Å². The number of pyridine rings is 1. The number of methoxy groups -OCH3 is 2. The first-order chi connectivity index (χ1) is 16.0. The molecule has 33 heavy (non-hydrogen) atoms. The van der Waals surface area contributed by atoms with E-state index in [-0.39, 0.29) is 0 Å². The van der Waals surface area contributed by atoms with Crippen LogP contribution in [-0.4, -0.2) is 42.9 Å². The predicted octanol–water partition coefficient (Wildman–Crippen LogP) is 5.39. The van der Waals surface area contributed by atoms with E-state index < -0.39 is 0 Å². The van der Waals surface area contributed by atoms with Crippen LogP contribution in [0.4, 0.5) is 11.4 Å². The van der Waals surface area contributed by atoms with Crippen LogP contribution >= 0.6 is 0 Å². The lowest BCUT2D eigenvalue weighted by Gasteiger charge is -2.27. The van der Waals surface area contributed by atoms with E-state index in [1.165, 1.54) is 0 Å². The van der Waals surface area contributed by atoms with Crippen molar-refractivity contribution in [1.29, 1.82) is 0 Å². The first kappa shape index (κ1) is 22.7. The lowest BCUT2D eigenvalue weighted by atomic mass is 10.1. The number of nitrogens with one attached hydrogen (secondary N) is 1. The fraction of sp³-hybridized carbons (Fsp3) is 0.296. The number of benzene rings is 2. The highest BCUT2D eigenvalue weighted by Crippen LogP contribution is 2.34. The Labute approximate surface area is 195 Å². The Morgan fingerprint density at radius 3 is 2.33 bits per heavy atom. The van der Waals surface area contributed by atoms with Gasteiger partial charge in [-0.25, -0.2) is 0 Å². The average Bonchev–Trinajstić information content (AvgIpc) is 3.26. The van der Waals surface area contributed by atoms with Crippen LogP contribution in [0.5, 0.6) is 11.5 Å². The van der Waals surface area contributed by atoms with Crippen molar-refractivity contribution in [3.8, 4) is 22.6 Å². The molecule has 4 aromatic rings. The van der Waals surface area contributed by atoms with E-state index in [1.807, 2.05) is 31.4 Å². The van der Waals surface area contributed by atoms with Gasteiger partial charge in [0.25, 0.3) is 0 Å². The highest BCUT2D eigenvalue weighted by Gasteiger charge is 2.14. The van der Waals surface area contributed by atoms with Crippen molar-refractivity contribution < 1.29 is 9.47 Å². The minimum atomic E-state index is 0.418. The van der Waals surface area contributed by atoms with Gasteiger partial charge in [0.2, 0.25) is 0 Å². The topological polar surface area (TPSA) is 51.6 Å². The predicted molar refractivity (Wildman–Crippen MR) is 136 cm³/mol. The van der Waals surface area contributed by atoms with Crippen molar-refractivity contribution in [1.82, 2.24) is 14.9 Å². The second-order valence-electron chi connectivity index (χ2n) is 8.50. The zero-order chi connectivity index (χ0) is 23.4. The van der Waals surface area contributed by atoms with Gasteiger partial charge in [0.1, 0.15) is 11.5 Å². The van der Waals surface area contributed by atoms with Crippen LogP contribution in [0.15, 0.2) is 67.1 Å². The van der Waals surface area contributed by atoms with Gasteiger partial charge in [0, 0.05) is 90.9 Å². The Kier molecular flexibility index (Phi) is 6.84. The van der Waals surface area contributed by atoms with Crippen molar-refractivity contribution in [2.75, 3.05) is 32.2 Å². The Hall–Kier alpha value is -3.51. The summed E-state index contributed by atoms with van der Waals surface area (Å²) in [7, 11) is 5.38. The molecule has 0 saturated heterocycles. The SMILES string of the molecule is COc1cc(OC)cc(N(CCNC(C)C)c2ccc3ncc(-c4ccn(C)c4)cc3c2)c1. The molecule has 2 aromatic heterocycles. The maximum Gasteiger partial charge on any atom is 0.124 e. The first-order valence-corrected chi connectivity index (χ1v) is 11.2. The molecule has 0 aliphatic heterocycles. The van der Waals surface area contributed by atoms with Crippen molar-refractivity contribution in [3.05, 3.63) is 67.1 Å². The second-order valence-corrected chi connectivity index (χ2v) is 8.50. The summed E-state index contributed by atoms with van der Waals surface area (Å²) in [5.74, 6) is 1.53. The number of hydrogen-bond donors (Lipinski definition) is 1. The molecule has 2 aromatic carbocycles. The fourth-order valence-electron chi connectivity index (χ4n) is 3.94. The molecule has 0 atom stereocenters. The summed E-state index contributed by atoms with van der Waals surface area (Å²) >= 11 is 0. The maximum absolute atomic E-state index is 5.53. The summed E-state index contributed by atoms with van der Waals surface area (Å²) in [5.41, 5.74) is 5.35. The molecule has 172 valence electrons. The van der Waals surface area contributed by atoms with E-state index in [1.54, 1.807) is 14.2 Å². The Morgan fingerprint density at radius 2 is 1.70 bits per heavy atom. The van der Waals surface area contributed by atoms with Gasteiger partial charge in [0.15, 0.2) is 0 Å². The molecular weight excluding hydrogens is 412 g/mol. The number of nitrogens with zero attached hydrogens (tertiary/aromatic N) is 3. The number of aromatic nitrogens is 2. The van der Waals surface area contributed by atoms with E-state index in [0.29, 0.717) is 6.04 Å². The highest BCUT2D eigenvalue weighted by molar-refractivity contribution is 5.87. The van der Waals surface area contributed by atoms with Crippen LogP contribution in [0.25, 0.3) is 22.0 Å². The molecule has 6 heteroatoms. The third-order valence-electron chi connectivity index (χ3n) is 5.68. The van der Waals surface area contributed by atoms with E-state index in [4.69, 9.17) is 14.5 Å². The Bertz CT molecular complexity index is 1210. The number of anilines is 2. The van der Waals surface area contributed by atoms with Gasteiger partial charge < -0.3 is 24.3 Å². The van der Waals surface area contributed by atoms with Crippen LogP contribution in [-0.2, 0) is 7.05 Å². The summed E-state index contributed by atoms with van der Waals surface area (Å²) in [4.78, 5) is 6.99. The molecule has 0 aliphatic carbocycles. The average molecular weight is 445 g/mol. The summed E-state index contributed by atoms with van der Waals surface area (Å²) in [6.45, 7) is 5.96. The molecule has 0 bridgehead atoms. The molecule has 0 radical (unpaired) electrons. The van der Waals surface area contributed by atoms with E-state index in [0.717, 1.165) is 58.0 Å². The van der Waals surface area contributed by atoms with Gasteiger partial charge in [-0.2, -0.15) is 0 Å². The molecule has 0 spiro atoms. The largest absolute Gasteiger partial charge is 0.497 e. The molecule has 0 unspecified atom stereocenters. The van der Waals surface area contributed by atoms with Gasteiger partial charge in [-0.1, -0.05) is 13.8 Å². The number of fused-ring (bicyclic) bond motifs is 1. The summed E-state index contributed by atoms with van der Waals surface area (Å²) in [5, 5.41) is 4.63. The zero-order valence-electron chi connectivity index (χ0n) is 20.0. The molecule has 0 saturated carbocycles. The second kappa shape index (κ2) is 9.96. The van der Waals surface area contributed by atoms with Crippen LogP contribution in [0.3, 0.4) is 0 Å². The van der Waals surface area contributed by atoms with Crippen LogP contribution in [0.2, 0.25) is 0 Å². The van der Waals surface area contributed by atoms with Crippen molar-refractivity contribution >= 4 is 22.3 Å². The number of aryl methyl sites for hydroxylation is 1. The summed E-state index contributed by atoms with van der Waals surface area (Å²) in [6.07, 6.45) is 6.10. The Morgan fingerprint density at radius 1 is 0.939 bits per heavy atom. The molecule has 2 heterocycles. The normalized spacial score (nSPS) is 11.2. The highest BCUT2D eigenvalue weighted by atomic mass is 16.5. The Balaban J connectivity index is 1.76. The molecule has 0 amide bonds. The minimum absolute atomic E-state index is 0.418. The van der Waals surface area contributed by atoms with Crippen LogP contribution in [0, 0.1) is 0 Å². The smallest absolute Gasteiger partial charge is 0.124 e. The molecule has 0 aliphatic rings. The van der Waals surface area contributed by atoms with Gasteiger partial charge in [0.05, 0.1) is 19.7 Å². The molecule has 1 N–H and O–H groups in total. The molecule has 4 rings (SSSR count). The number of rotatable bonds is 9. The summed E-state index contributed by atoms with van der Waals surface area (Å²) < 4.78 is 13.1. The lowest BCUT2D eigenvalue weighted by molar-refractivity contribution is 0.394. The lowest BCUT2D eigenvalue weighted by Crippen LogP contribution is -2.32. The van der Waals surface area contributed by atoms with Gasteiger partial charge in [-0.15, -0.1) is 0 Å². The number of ether oxygens (including phenoxy) is 2. The summed E-state index contributed by atoms with van der Waals surface area (Å²) in [6, 6.07) is 17.1. The van der Waals surface area contributed by atoms with Crippen LogP contribution in [0.1, 0.15) is 13.8 Å². The first-order valence-electron chi connectivity index (χ1n) is 11.2. The van der Waals surface area contributed by atoms with Crippen LogP contribution < -0.4 is 19.7 Å². The van der Waals surface area contributed by atoms with Gasteiger partial charge in [-0.3, -0.25) is 4.98 Å². The molecule has 0 fully saturated rings.